The summed E-state index contributed by atoms with van der Waals surface area (Å²) in [5.41, 5.74) is 1.37. The topological polar surface area (TPSA) is 40.7 Å². The lowest BCUT2D eigenvalue weighted by atomic mass is 10.1. The third kappa shape index (κ3) is 3.44. The van der Waals surface area contributed by atoms with Crippen LogP contribution in [-0.4, -0.2) is 16.0 Å². The first-order valence-electron chi connectivity index (χ1n) is 6.59. The Morgan fingerprint density at radius 1 is 1.28 bits per heavy atom. The first kappa shape index (κ1) is 12.8. The number of aromatic amines is 1. The van der Waals surface area contributed by atoms with Gasteiger partial charge in [0.15, 0.2) is 0 Å². The van der Waals surface area contributed by atoms with E-state index in [2.05, 4.69) is 59.5 Å². The van der Waals surface area contributed by atoms with Crippen molar-refractivity contribution in [2.45, 2.75) is 38.8 Å². The highest BCUT2D eigenvalue weighted by molar-refractivity contribution is 5.15. The molecule has 1 heterocycles. The Balaban J connectivity index is 1.92. The Hall–Kier alpha value is -1.61. The molecule has 2 aromatic rings. The molecule has 2 N–H and O–H groups in total. The van der Waals surface area contributed by atoms with Gasteiger partial charge in [-0.25, -0.2) is 4.98 Å². The SMILES string of the molecule is CCC(NC(C)Cc1ccccc1)c1ncc[nH]1. The van der Waals surface area contributed by atoms with Crippen LogP contribution in [0.25, 0.3) is 0 Å². The summed E-state index contributed by atoms with van der Waals surface area (Å²) < 4.78 is 0. The van der Waals surface area contributed by atoms with Crippen molar-refractivity contribution in [3.05, 3.63) is 54.1 Å². The van der Waals surface area contributed by atoms with Crippen molar-refractivity contribution in [1.82, 2.24) is 15.3 Å². The summed E-state index contributed by atoms with van der Waals surface area (Å²) >= 11 is 0. The van der Waals surface area contributed by atoms with Crippen LogP contribution in [0.15, 0.2) is 42.7 Å². The van der Waals surface area contributed by atoms with Gasteiger partial charge in [0.05, 0.1) is 6.04 Å². The third-order valence-corrected chi connectivity index (χ3v) is 3.13. The summed E-state index contributed by atoms with van der Waals surface area (Å²) in [6.07, 6.45) is 5.76. The molecule has 2 atom stereocenters. The molecular weight excluding hydrogens is 222 g/mol. The van der Waals surface area contributed by atoms with E-state index in [4.69, 9.17) is 0 Å². The van der Waals surface area contributed by atoms with Crippen LogP contribution in [0.4, 0.5) is 0 Å². The fraction of sp³-hybridized carbons (Fsp3) is 0.400. The molecule has 1 aromatic carbocycles. The van der Waals surface area contributed by atoms with Crippen molar-refractivity contribution in [2.24, 2.45) is 0 Å². The molecule has 0 spiro atoms. The number of H-pyrrole nitrogens is 1. The number of hydrogen-bond donors (Lipinski definition) is 2. The smallest absolute Gasteiger partial charge is 0.123 e. The summed E-state index contributed by atoms with van der Waals surface area (Å²) in [4.78, 5) is 7.51. The lowest BCUT2D eigenvalue weighted by Gasteiger charge is -2.20. The van der Waals surface area contributed by atoms with Crippen LogP contribution in [0, 0.1) is 0 Å². The molecule has 3 heteroatoms. The van der Waals surface area contributed by atoms with Crippen LogP contribution in [-0.2, 0) is 6.42 Å². The second-order valence-corrected chi connectivity index (χ2v) is 4.69. The maximum atomic E-state index is 4.33. The third-order valence-electron chi connectivity index (χ3n) is 3.13. The first-order chi connectivity index (χ1) is 8.79. The minimum Gasteiger partial charge on any atom is -0.347 e. The second-order valence-electron chi connectivity index (χ2n) is 4.69. The Bertz CT molecular complexity index is 436. The Labute approximate surface area is 109 Å². The first-order valence-corrected chi connectivity index (χ1v) is 6.59. The van der Waals surface area contributed by atoms with Crippen molar-refractivity contribution in [2.75, 3.05) is 0 Å². The summed E-state index contributed by atoms with van der Waals surface area (Å²) in [5, 5.41) is 3.62. The zero-order valence-corrected chi connectivity index (χ0v) is 11.1. The Morgan fingerprint density at radius 2 is 2.06 bits per heavy atom. The Morgan fingerprint density at radius 3 is 2.67 bits per heavy atom. The van der Waals surface area contributed by atoms with E-state index in [0.29, 0.717) is 12.1 Å². The molecule has 0 saturated heterocycles. The second kappa shape index (κ2) is 6.36. The molecule has 0 aliphatic heterocycles. The van der Waals surface area contributed by atoms with Gasteiger partial charge in [-0.1, -0.05) is 37.3 Å². The predicted molar refractivity (Wildman–Crippen MR) is 74.4 cm³/mol. The molecule has 0 radical (unpaired) electrons. The van der Waals surface area contributed by atoms with E-state index >= 15 is 0 Å². The van der Waals surface area contributed by atoms with Crippen molar-refractivity contribution >= 4 is 0 Å². The highest BCUT2D eigenvalue weighted by Crippen LogP contribution is 2.13. The highest BCUT2D eigenvalue weighted by atomic mass is 15.0. The summed E-state index contributed by atoms with van der Waals surface area (Å²) in [5.74, 6) is 1.03. The molecular formula is C15H21N3. The van der Waals surface area contributed by atoms with E-state index < -0.39 is 0 Å². The fourth-order valence-electron chi connectivity index (χ4n) is 2.23. The molecule has 1 aromatic heterocycles. The standard InChI is InChI=1S/C15H21N3/c1-3-14(15-16-9-10-17-15)18-12(2)11-13-7-5-4-6-8-13/h4-10,12,14,18H,3,11H2,1-2H3,(H,16,17). The minimum absolute atomic E-state index is 0.304. The van der Waals surface area contributed by atoms with E-state index in [9.17, 15) is 0 Å². The molecule has 0 aliphatic rings. The normalized spacial score (nSPS) is 14.3. The number of benzene rings is 1. The number of rotatable bonds is 6. The van der Waals surface area contributed by atoms with E-state index in [1.54, 1.807) is 0 Å². The zero-order chi connectivity index (χ0) is 12.8. The van der Waals surface area contributed by atoms with Gasteiger partial charge in [-0.15, -0.1) is 0 Å². The van der Waals surface area contributed by atoms with Gasteiger partial charge in [-0.2, -0.15) is 0 Å². The monoisotopic (exact) mass is 243 g/mol. The van der Waals surface area contributed by atoms with Crippen LogP contribution >= 0.6 is 0 Å². The molecule has 0 aliphatic carbocycles. The average Bonchev–Trinajstić information content (AvgIpc) is 2.91. The van der Waals surface area contributed by atoms with Crippen LogP contribution in [0.3, 0.4) is 0 Å². The number of nitrogens with zero attached hydrogens (tertiary/aromatic N) is 1. The number of hydrogen-bond acceptors (Lipinski definition) is 2. The number of aromatic nitrogens is 2. The van der Waals surface area contributed by atoms with E-state index in [1.807, 2.05) is 12.4 Å². The number of imidazole rings is 1. The maximum Gasteiger partial charge on any atom is 0.123 e. The molecule has 2 rings (SSSR count). The molecule has 2 unspecified atom stereocenters. The summed E-state index contributed by atoms with van der Waals surface area (Å²) in [6.45, 7) is 4.40. The zero-order valence-electron chi connectivity index (χ0n) is 11.1. The van der Waals surface area contributed by atoms with Gasteiger partial charge in [-0.05, 0) is 25.3 Å². The molecule has 0 amide bonds. The van der Waals surface area contributed by atoms with Gasteiger partial charge in [0.25, 0.3) is 0 Å². The van der Waals surface area contributed by atoms with Gasteiger partial charge in [0.1, 0.15) is 5.82 Å². The quantitative estimate of drug-likeness (QED) is 0.818. The van der Waals surface area contributed by atoms with Crippen molar-refractivity contribution in [3.8, 4) is 0 Å². The lowest BCUT2D eigenvalue weighted by molar-refractivity contribution is 0.430. The number of nitrogens with one attached hydrogen (secondary N) is 2. The lowest BCUT2D eigenvalue weighted by Crippen LogP contribution is -2.32. The van der Waals surface area contributed by atoms with Crippen LogP contribution in [0.2, 0.25) is 0 Å². The maximum absolute atomic E-state index is 4.33. The van der Waals surface area contributed by atoms with Crippen molar-refractivity contribution < 1.29 is 0 Å². The van der Waals surface area contributed by atoms with Gasteiger partial charge >= 0.3 is 0 Å². The van der Waals surface area contributed by atoms with E-state index in [0.717, 1.165) is 18.7 Å². The Kier molecular flexibility index (Phi) is 4.53. The molecule has 96 valence electrons. The van der Waals surface area contributed by atoms with Gasteiger partial charge < -0.3 is 10.3 Å². The molecule has 0 fully saturated rings. The summed E-state index contributed by atoms with van der Waals surface area (Å²) in [6, 6.07) is 11.3. The predicted octanol–water partition coefficient (Wildman–Crippen LogP) is 3.08. The van der Waals surface area contributed by atoms with Crippen LogP contribution in [0.1, 0.15) is 37.7 Å². The summed E-state index contributed by atoms with van der Waals surface area (Å²) in [7, 11) is 0. The van der Waals surface area contributed by atoms with Crippen molar-refractivity contribution in [1.29, 1.82) is 0 Å². The van der Waals surface area contributed by atoms with Crippen LogP contribution in [0.5, 0.6) is 0 Å². The molecule has 3 nitrogen and oxygen atoms in total. The highest BCUT2D eigenvalue weighted by Gasteiger charge is 2.14. The van der Waals surface area contributed by atoms with Gasteiger partial charge in [0, 0.05) is 18.4 Å². The molecule has 0 saturated carbocycles. The van der Waals surface area contributed by atoms with Gasteiger partial charge in [0.2, 0.25) is 0 Å². The van der Waals surface area contributed by atoms with E-state index in [1.165, 1.54) is 5.56 Å². The van der Waals surface area contributed by atoms with E-state index in [-0.39, 0.29) is 0 Å². The minimum atomic E-state index is 0.304. The fourth-order valence-corrected chi connectivity index (χ4v) is 2.23. The largest absolute Gasteiger partial charge is 0.347 e. The molecule has 18 heavy (non-hydrogen) atoms. The average molecular weight is 243 g/mol. The van der Waals surface area contributed by atoms with Gasteiger partial charge in [-0.3, -0.25) is 0 Å². The van der Waals surface area contributed by atoms with Crippen LogP contribution < -0.4 is 5.32 Å². The van der Waals surface area contributed by atoms with Crippen molar-refractivity contribution in [3.63, 3.8) is 0 Å². The molecule has 0 bridgehead atoms.